The molecule has 0 aliphatic carbocycles. The Morgan fingerprint density at radius 2 is 1.62 bits per heavy atom. The van der Waals surface area contributed by atoms with Crippen LogP contribution in [0.25, 0.3) is 39.2 Å². The van der Waals surface area contributed by atoms with E-state index < -0.39 is 0 Å². The van der Waals surface area contributed by atoms with Crippen molar-refractivity contribution in [3.05, 3.63) is 108 Å². The van der Waals surface area contributed by atoms with E-state index in [1.54, 1.807) is 0 Å². The normalized spacial score (nSPS) is 11.2. The highest BCUT2D eigenvalue weighted by atomic mass is 32.2. The maximum absolute atomic E-state index is 8.82. The van der Waals surface area contributed by atoms with E-state index in [1.807, 2.05) is 6.20 Å². The number of nitrogens with one attached hydrogen (secondary N) is 1. The van der Waals surface area contributed by atoms with E-state index in [0.717, 1.165) is 42.0 Å². The van der Waals surface area contributed by atoms with E-state index in [2.05, 4.69) is 108 Å². The molecule has 5 heteroatoms. The second-order valence-corrected chi connectivity index (χ2v) is 9.00. The molecule has 5 rings (SSSR count). The Hall–Kier alpha value is -3.38. The minimum absolute atomic E-state index is 0.692. The highest BCUT2D eigenvalue weighted by Crippen LogP contribution is 2.33. The molecule has 5 aromatic rings. The molecule has 0 spiro atoms. The number of benzene rings is 3. The zero-order chi connectivity index (χ0) is 23.3. The molecule has 3 aromatic carbocycles. The maximum Gasteiger partial charge on any atom is 0.137 e. The Labute approximate surface area is 204 Å². The molecule has 2 N–H and O–H groups in total. The fraction of sp³-hybridized carbons (Fsp3) is 0.138. The van der Waals surface area contributed by atoms with E-state index >= 15 is 0 Å². The Balaban J connectivity index is 1.42. The lowest BCUT2D eigenvalue weighted by atomic mass is 9.93. The van der Waals surface area contributed by atoms with Crippen molar-refractivity contribution in [1.29, 1.82) is 0 Å². The van der Waals surface area contributed by atoms with Crippen LogP contribution in [0.5, 0.6) is 0 Å². The second-order valence-electron chi connectivity index (χ2n) is 8.34. The van der Waals surface area contributed by atoms with Gasteiger partial charge in [-0.15, -0.1) is 0 Å². The lowest BCUT2D eigenvalue weighted by molar-refractivity contribution is 0.654. The predicted octanol–water partition coefficient (Wildman–Crippen LogP) is 6.94. The van der Waals surface area contributed by atoms with Gasteiger partial charge >= 0.3 is 0 Å². The van der Waals surface area contributed by atoms with Crippen molar-refractivity contribution in [3.8, 4) is 33.5 Å². The molecule has 0 amide bonds. The number of nitrogens with zero attached hydrogens (tertiary/aromatic N) is 2. The third-order valence-electron chi connectivity index (χ3n) is 6.19. The summed E-state index contributed by atoms with van der Waals surface area (Å²) in [6, 6.07) is 29.9. The topological polar surface area (TPSA) is 49.6 Å². The van der Waals surface area contributed by atoms with Crippen LogP contribution in [0.15, 0.2) is 97.3 Å². The van der Waals surface area contributed by atoms with Crippen LogP contribution in [0.2, 0.25) is 0 Å². The van der Waals surface area contributed by atoms with Gasteiger partial charge in [0.15, 0.2) is 0 Å². The Morgan fingerprint density at radius 3 is 2.38 bits per heavy atom. The number of rotatable bonds is 8. The summed E-state index contributed by atoms with van der Waals surface area (Å²) in [5.74, 6) is 0.692. The minimum Gasteiger partial charge on any atom is -0.330 e. The van der Waals surface area contributed by atoms with Gasteiger partial charge in [0.05, 0.1) is 11.9 Å². The molecular weight excluding hydrogens is 438 g/mol. The smallest absolute Gasteiger partial charge is 0.137 e. The largest absolute Gasteiger partial charge is 0.330 e. The minimum atomic E-state index is 0.692. The van der Waals surface area contributed by atoms with Gasteiger partial charge in [-0.1, -0.05) is 72.8 Å². The molecule has 0 unspecified atom stereocenters. The van der Waals surface area contributed by atoms with Crippen molar-refractivity contribution in [2.45, 2.75) is 13.5 Å². The Bertz CT molecular complexity index is 1390. The quantitative estimate of drug-likeness (QED) is 0.192. The van der Waals surface area contributed by atoms with Gasteiger partial charge in [0, 0.05) is 30.6 Å². The summed E-state index contributed by atoms with van der Waals surface area (Å²) in [7, 11) is 0. The first-order valence-corrected chi connectivity index (χ1v) is 12.4. The molecule has 4 nitrogen and oxygen atoms in total. The molecule has 0 aliphatic heterocycles. The van der Waals surface area contributed by atoms with Crippen LogP contribution < -0.4 is 5.32 Å². The lowest BCUT2D eigenvalue weighted by Gasteiger charge is -2.12. The summed E-state index contributed by atoms with van der Waals surface area (Å²) < 4.78 is 11.0. The summed E-state index contributed by atoms with van der Waals surface area (Å²) in [5, 5.41) is 3.33. The van der Waals surface area contributed by atoms with Gasteiger partial charge < -0.3 is 9.87 Å². The fourth-order valence-electron chi connectivity index (χ4n) is 4.38. The van der Waals surface area contributed by atoms with Gasteiger partial charge in [0.1, 0.15) is 5.65 Å². The van der Waals surface area contributed by atoms with Gasteiger partial charge in [-0.25, -0.2) is 4.98 Å². The molecule has 2 aromatic heterocycles. The van der Waals surface area contributed by atoms with E-state index in [4.69, 9.17) is 9.54 Å². The van der Waals surface area contributed by atoms with Crippen LogP contribution in [-0.4, -0.2) is 26.2 Å². The van der Waals surface area contributed by atoms with Crippen LogP contribution in [0.4, 0.5) is 0 Å². The SMILES string of the molecule is Cc1c(-c2ccccc2)cccc1-c1ccn2c(-c3ccc(CNCCSO)cc3)cnc2c1. The van der Waals surface area contributed by atoms with E-state index in [-0.39, 0.29) is 0 Å². The monoisotopic (exact) mass is 465 g/mol. The third kappa shape index (κ3) is 4.64. The molecule has 0 atom stereocenters. The number of hydrogen-bond donors (Lipinski definition) is 2. The summed E-state index contributed by atoms with van der Waals surface area (Å²) in [6.07, 6.45) is 4.06. The van der Waals surface area contributed by atoms with Crippen molar-refractivity contribution in [1.82, 2.24) is 14.7 Å². The first-order valence-electron chi connectivity index (χ1n) is 11.4. The molecule has 170 valence electrons. The first kappa shape index (κ1) is 22.4. The number of aromatic nitrogens is 2. The second kappa shape index (κ2) is 10.3. The number of imidazole rings is 1. The van der Waals surface area contributed by atoms with Gasteiger partial charge in [-0.3, -0.25) is 4.40 Å². The van der Waals surface area contributed by atoms with Gasteiger partial charge in [-0.2, -0.15) is 0 Å². The molecular formula is C29H27N3OS. The highest BCUT2D eigenvalue weighted by Gasteiger charge is 2.11. The highest BCUT2D eigenvalue weighted by molar-refractivity contribution is 7.93. The fourth-order valence-corrected chi connectivity index (χ4v) is 4.62. The number of fused-ring (bicyclic) bond motifs is 1. The van der Waals surface area contributed by atoms with E-state index in [0.29, 0.717) is 5.75 Å². The molecule has 0 radical (unpaired) electrons. The third-order valence-corrected chi connectivity index (χ3v) is 6.58. The Morgan fingerprint density at radius 1 is 0.853 bits per heavy atom. The predicted molar refractivity (Wildman–Crippen MR) is 143 cm³/mol. The van der Waals surface area contributed by atoms with Crippen molar-refractivity contribution in [2.24, 2.45) is 0 Å². The Kier molecular flexibility index (Phi) is 6.77. The van der Waals surface area contributed by atoms with Crippen LogP contribution in [-0.2, 0) is 6.54 Å². The van der Waals surface area contributed by atoms with Crippen molar-refractivity contribution in [2.75, 3.05) is 12.3 Å². The zero-order valence-corrected chi connectivity index (χ0v) is 19.9. The standard InChI is InChI=1S/C29H27N3OS/c1-21-26(23-6-3-2-4-7-23)8-5-9-27(21)25-14-16-32-28(20-31-29(32)18-25)24-12-10-22(11-13-24)19-30-15-17-34-33/h2-14,16,18,20,30,33H,15,17,19H2,1H3. The molecule has 2 heterocycles. The van der Waals surface area contributed by atoms with E-state index in [9.17, 15) is 0 Å². The lowest BCUT2D eigenvalue weighted by Crippen LogP contribution is -2.16. The average Bonchev–Trinajstić information content (AvgIpc) is 3.31. The summed E-state index contributed by atoms with van der Waals surface area (Å²) >= 11 is 0.866. The van der Waals surface area contributed by atoms with Gasteiger partial charge in [0.25, 0.3) is 0 Å². The van der Waals surface area contributed by atoms with Crippen LogP contribution >= 0.6 is 12.0 Å². The average molecular weight is 466 g/mol. The molecule has 0 saturated heterocycles. The molecule has 34 heavy (non-hydrogen) atoms. The van der Waals surface area contributed by atoms with Crippen molar-refractivity contribution < 1.29 is 4.55 Å². The van der Waals surface area contributed by atoms with Crippen LogP contribution in [0.3, 0.4) is 0 Å². The summed E-state index contributed by atoms with van der Waals surface area (Å²) in [5.41, 5.74) is 10.5. The van der Waals surface area contributed by atoms with Crippen LogP contribution in [0.1, 0.15) is 11.1 Å². The summed E-state index contributed by atoms with van der Waals surface area (Å²) in [6.45, 7) is 3.77. The van der Waals surface area contributed by atoms with Gasteiger partial charge in [-0.05, 0) is 64.5 Å². The van der Waals surface area contributed by atoms with Crippen molar-refractivity contribution in [3.63, 3.8) is 0 Å². The first-order chi connectivity index (χ1) is 16.7. The number of hydrogen-bond acceptors (Lipinski definition) is 4. The zero-order valence-electron chi connectivity index (χ0n) is 19.1. The summed E-state index contributed by atoms with van der Waals surface area (Å²) in [4.78, 5) is 4.71. The van der Waals surface area contributed by atoms with Crippen LogP contribution in [0, 0.1) is 6.92 Å². The maximum atomic E-state index is 8.82. The molecule has 0 aliphatic rings. The van der Waals surface area contributed by atoms with Crippen molar-refractivity contribution >= 4 is 17.7 Å². The van der Waals surface area contributed by atoms with E-state index in [1.165, 1.54) is 33.4 Å². The molecule has 0 bridgehead atoms. The molecule has 0 fully saturated rings. The van der Waals surface area contributed by atoms with Gasteiger partial charge in [0.2, 0.25) is 0 Å². The molecule has 0 saturated carbocycles. The number of pyridine rings is 1.